The van der Waals surface area contributed by atoms with Crippen LogP contribution in [0.4, 0.5) is 0 Å². The Morgan fingerprint density at radius 1 is 1.47 bits per heavy atom. The standard InChI is InChI=1S/C11H9BrO3/c1-6(13)10-11(14-2)8-4-3-7(12)5-9(8)15-10/h3-5H,1-2H3. The number of hydrogen-bond acceptors (Lipinski definition) is 3. The van der Waals surface area contributed by atoms with Gasteiger partial charge in [0.15, 0.2) is 11.5 Å². The molecule has 0 saturated heterocycles. The monoisotopic (exact) mass is 268 g/mol. The quantitative estimate of drug-likeness (QED) is 0.784. The second-order valence-corrected chi connectivity index (χ2v) is 4.08. The Balaban J connectivity index is 2.78. The van der Waals surface area contributed by atoms with Crippen LogP contribution in [0.5, 0.6) is 5.75 Å². The highest BCUT2D eigenvalue weighted by atomic mass is 79.9. The molecule has 0 radical (unpaired) electrons. The lowest BCUT2D eigenvalue weighted by Gasteiger charge is -1.96. The summed E-state index contributed by atoms with van der Waals surface area (Å²) >= 11 is 3.34. The van der Waals surface area contributed by atoms with Crippen molar-refractivity contribution in [3.8, 4) is 5.75 Å². The van der Waals surface area contributed by atoms with Gasteiger partial charge in [-0.3, -0.25) is 4.79 Å². The van der Waals surface area contributed by atoms with E-state index in [1.165, 1.54) is 14.0 Å². The number of ketones is 1. The van der Waals surface area contributed by atoms with Gasteiger partial charge in [-0.2, -0.15) is 0 Å². The Hall–Kier alpha value is -1.29. The van der Waals surface area contributed by atoms with Crippen LogP contribution in [0, 0.1) is 0 Å². The molecule has 0 bridgehead atoms. The summed E-state index contributed by atoms with van der Waals surface area (Å²) in [4.78, 5) is 11.3. The van der Waals surface area contributed by atoms with E-state index in [1.54, 1.807) is 0 Å². The van der Waals surface area contributed by atoms with Crippen LogP contribution in [0.15, 0.2) is 27.1 Å². The number of carbonyl (C=O) groups is 1. The summed E-state index contributed by atoms with van der Waals surface area (Å²) in [6, 6.07) is 5.54. The molecule has 78 valence electrons. The van der Waals surface area contributed by atoms with Gasteiger partial charge in [0.2, 0.25) is 5.76 Å². The highest BCUT2D eigenvalue weighted by molar-refractivity contribution is 9.10. The van der Waals surface area contributed by atoms with Crippen LogP contribution >= 0.6 is 15.9 Å². The van der Waals surface area contributed by atoms with Gasteiger partial charge in [-0.15, -0.1) is 0 Å². The van der Waals surface area contributed by atoms with Crippen molar-refractivity contribution in [3.63, 3.8) is 0 Å². The maximum Gasteiger partial charge on any atom is 0.212 e. The lowest BCUT2D eigenvalue weighted by atomic mass is 10.2. The Morgan fingerprint density at radius 2 is 2.20 bits per heavy atom. The van der Waals surface area contributed by atoms with Crippen LogP contribution in [0.3, 0.4) is 0 Å². The molecule has 0 unspecified atom stereocenters. The second kappa shape index (κ2) is 3.70. The van der Waals surface area contributed by atoms with Crippen molar-refractivity contribution < 1.29 is 13.9 Å². The predicted octanol–water partition coefficient (Wildman–Crippen LogP) is 3.41. The third-order valence-electron chi connectivity index (χ3n) is 2.13. The fourth-order valence-corrected chi connectivity index (χ4v) is 1.82. The molecule has 0 aliphatic rings. The Bertz CT molecular complexity index is 528. The van der Waals surface area contributed by atoms with Gasteiger partial charge in [-0.25, -0.2) is 0 Å². The average molecular weight is 269 g/mol. The first-order valence-electron chi connectivity index (χ1n) is 4.40. The largest absolute Gasteiger partial charge is 0.492 e. The van der Waals surface area contributed by atoms with Crippen molar-refractivity contribution in [2.45, 2.75) is 6.92 Å². The van der Waals surface area contributed by atoms with Gasteiger partial charge in [0.05, 0.1) is 12.5 Å². The van der Waals surface area contributed by atoms with E-state index < -0.39 is 0 Å². The Morgan fingerprint density at radius 3 is 2.80 bits per heavy atom. The van der Waals surface area contributed by atoms with Crippen LogP contribution < -0.4 is 4.74 Å². The maximum atomic E-state index is 11.3. The number of halogens is 1. The minimum Gasteiger partial charge on any atom is -0.492 e. The van der Waals surface area contributed by atoms with E-state index in [0.717, 1.165) is 9.86 Å². The molecule has 0 aliphatic carbocycles. The molecular weight excluding hydrogens is 260 g/mol. The zero-order valence-corrected chi connectivity index (χ0v) is 9.92. The third kappa shape index (κ3) is 1.65. The van der Waals surface area contributed by atoms with E-state index in [9.17, 15) is 4.79 Å². The molecule has 1 aromatic heterocycles. The lowest BCUT2D eigenvalue weighted by Crippen LogP contribution is -1.92. The van der Waals surface area contributed by atoms with Crippen LogP contribution in [0.25, 0.3) is 11.0 Å². The fourth-order valence-electron chi connectivity index (χ4n) is 1.48. The molecule has 2 rings (SSSR count). The SMILES string of the molecule is COc1c(C(C)=O)oc2cc(Br)ccc12. The van der Waals surface area contributed by atoms with Crippen LogP contribution in [-0.4, -0.2) is 12.9 Å². The molecule has 0 aliphatic heterocycles. The van der Waals surface area contributed by atoms with Crippen molar-refractivity contribution in [1.82, 2.24) is 0 Å². The molecule has 1 aromatic carbocycles. The first kappa shape index (κ1) is 10.2. The van der Waals surface area contributed by atoms with E-state index in [0.29, 0.717) is 11.3 Å². The van der Waals surface area contributed by atoms with Crippen LogP contribution in [0.2, 0.25) is 0 Å². The summed E-state index contributed by atoms with van der Waals surface area (Å²) in [7, 11) is 1.53. The summed E-state index contributed by atoms with van der Waals surface area (Å²) in [5.74, 6) is 0.634. The van der Waals surface area contributed by atoms with Crippen molar-refractivity contribution >= 4 is 32.7 Å². The van der Waals surface area contributed by atoms with Gasteiger partial charge in [0, 0.05) is 11.4 Å². The van der Waals surface area contributed by atoms with Gasteiger partial charge < -0.3 is 9.15 Å². The van der Waals surface area contributed by atoms with Crippen molar-refractivity contribution in [2.24, 2.45) is 0 Å². The number of furan rings is 1. The number of hydrogen-bond donors (Lipinski definition) is 0. The summed E-state index contributed by atoms with van der Waals surface area (Å²) in [6.45, 7) is 1.45. The molecule has 0 amide bonds. The number of rotatable bonds is 2. The molecule has 0 N–H and O–H groups in total. The molecule has 1 heterocycles. The van der Waals surface area contributed by atoms with Crippen molar-refractivity contribution in [2.75, 3.05) is 7.11 Å². The highest BCUT2D eigenvalue weighted by Crippen LogP contribution is 2.34. The maximum absolute atomic E-state index is 11.3. The van der Waals surface area contributed by atoms with Crippen LogP contribution in [0.1, 0.15) is 17.5 Å². The second-order valence-electron chi connectivity index (χ2n) is 3.16. The van der Waals surface area contributed by atoms with Crippen molar-refractivity contribution in [1.29, 1.82) is 0 Å². The number of Topliss-reactive ketones (excluding diaryl/α,β-unsaturated/α-hetero) is 1. The molecule has 4 heteroatoms. The number of benzene rings is 1. The number of methoxy groups -OCH3 is 1. The number of fused-ring (bicyclic) bond motifs is 1. The Labute approximate surface area is 95.1 Å². The summed E-state index contributed by atoms with van der Waals surface area (Å²) in [6.07, 6.45) is 0. The van der Waals surface area contributed by atoms with Gasteiger partial charge in [0.25, 0.3) is 0 Å². The minimum absolute atomic E-state index is 0.140. The predicted molar refractivity (Wildman–Crippen MR) is 60.5 cm³/mol. The van der Waals surface area contributed by atoms with Gasteiger partial charge in [-0.1, -0.05) is 15.9 Å². The minimum atomic E-state index is -0.140. The first-order chi connectivity index (χ1) is 7.13. The van der Waals surface area contributed by atoms with E-state index in [4.69, 9.17) is 9.15 Å². The molecular formula is C11H9BrO3. The molecule has 0 spiro atoms. The normalized spacial score (nSPS) is 10.6. The molecule has 3 nitrogen and oxygen atoms in total. The molecule has 2 aromatic rings. The molecule has 0 saturated carbocycles. The zero-order chi connectivity index (χ0) is 11.0. The van der Waals surface area contributed by atoms with Crippen LogP contribution in [-0.2, 0) is 0 Å². The average Bonchev–Trinajstić information content (AvgIpc) is 2.55. The summed E-state index contributed by atoms with van der Waals surface area (Å²) < 4.78 is 11.5. The van der Waals surface area contributed by atoms with Crippen molar-refractivity contribution in [3.05, 3.63) is 28.4 Å². The topological polar surface area (TPSA) is 39.4 Å². The molecule has 15 heavy (non-hydrogen) atoms. The number of ether oxygens (including phenoxy) is 1. The van der Waals surface area contributed by atoms with E-state index in [-0.39, 0.29) is 11.5 Å². The van der Waals surface area contributed by atoms with Gasteiger partial charge in [0.1, 0.15) is 5.58 Å². The van der Waals surface area contributed by atoms with E-state index >= 15 is 0 Å². The molecule has 0 atom stereocenters. The summed E-state index contributed by atoms with van der Waals surface area (Å²) in [5, 5.41) is 0.811. The van der Waals surface area contributed by atoms with Gasteiger partial charge in [-0.05, 0) is 18.2 Å². The zero-order valence-electron chi connectivity index (χ0n) is 8.33. The Kier molecular flexibility index (Phi) is 2.52. The first-order valence-corrected chi connectivity index (χ1v) is 5.19. The lowest BCUT2D eigenvalue weighted by molar-refractivity contribution is 0.0985. The smallest absolute Gasteiger partial charge is 0.212 e. The van der Waals surface area contributed by atoms with Gasteiger partial charge >= 0.3 is 0 Å². The third-order valence-corrected chi connectivity index (χ3v) is 2.62. The fraction of sp³-hybridized carbons (Fsp3) is 0.182. The van der Waals surface area contributed by atoms with E-state index in [1.807, 2.05) is 18.2 Å². The number of carbonyl (C=O) groups excluding carboxylic acids is 1. The highest BCUT2D eigenvalue weighted by Gasteiger charge is 2.18. The van der Waals surface area contributed by atoms with E-state index in [2.05, 4.69) is 15.9 Å². The summed E-state index contributed by atoms with van der Waals surface area (Å²) in [5.41, 5.74) is 0.645. The molecule has 0 fully saturated rings.